The first kappa shape index (κ1) is 15.1. The zero-order valence-electron chi connectivity index (χ0n) is 12.4. The molecule has 0 aliphatic carbocycles. The summed E-state index contributed by atoms with van der Waals surface area (Å²) in [6.45, 7) is 8.13. The molecule has 2 aromatic rings. The molecule has 4 heteroatoms. The van der Waals surface area contributed by atoms with Gasteiger partial charge in [0.15, 0.2) is 0 Å². The van der Waals surface area contributed by atoms with Crippen LogP contribution in [0.3, 0.4) is 0 Å². The lowest BCUT2D eigenvalue weighted by Gasteiger charge is -2.19. The lowest BCUT2D eigenvalue weighted by atomic mass is 10.0. The summed E-state index contributed by atoms with van der Waals surface area (Å²) in [5.41, 5.74) is 3.60. The van der Waals surface area contributed by atoms with E-state index in [1.165, 1.54) is 11.3 Å². The first-order valence-corrected chi connectivity index (χ1v) is 7.54. The first-order chi connectivity index (χ1) is 9.63. The molecule has 1 atom stereocenters. The number of benzene rings is 1. The van der Waals surface area contributed by atoms with E-state index in [4.69, 9.17) is 11.6 Å². The van der Waals surface area contributed by atoms with Gasteiger partial charge in [-0.1, -0.05) is 30.7 Å². The maximum absolute atomic E-state index is 5.95. The van der Waals surface area contributed by atoms with E-state index >= 15 is 0 Å². The van der Waals surface area contributed by atoms with Gasteiger partial charge in [0.1, 0.15) is 0 Å². The average Bonchev–Trinajstić information content (AvgIpc) is 2.82. The van der Waals surface area contributed by atoms with Crippen LogP contribution in [-0.4, -0.2) is 16.3 Å². The van der Waals surface area contributed by atoms with Gasteiger partial charge in [-0.2, -0.15) is 5.10 Å². The van der Waals surface area contributed by atoms with Gasteiger partial charge < -0.3 is 5.32 Å². The minimum absolute atomic E-state index is 0.280. The molecule has 0 aliphatic rings. The number of hydrogen-bond acceptors (Lipinski definition) is 2. The summed E-state index contributed by atoms with van der Waals surface area (Å²) in [5.74, 6) is 0. The number of rotatable bonds is 6. The molecule has 0 amide bonds. The third-order valence-corrected chi connectivity index (χ3v) is 3.65. The molecule has 3 nitrogen and oxygen atoms in total. The second-order valence-electron chi connectivity index (χ2n) is 4.97. The molecule has 2 rings (SSSR count). The van der Waals surface area contributed by atoms with Gasteiger partial charge in [0.2, 0.25) is 0 Å². The monoisotopic (exact) mass is 291 g/mol. The largest absolute Gasteiger partial charge is 0.309 e. The Bertz CT molecular complexity index is 545. The van der Waals surface area contributed by atoms with Crippen LogP contribution in [0.4, 0.5) is 0 Å². The van der Waals surface area contributed by atoms with E-state index in [0.717, 1.165) is 30.2 Å². The Hall–Kier alpha value is -1.32. The number of nitrogens with one attached hydrogen (secondary N) is 1. The number of halogens is 1. The Labute approximate surface area is 126 Å². The molecule has 20 heavy (non-hydrogen) atoms. The van der Waals surface area contributed by atoms with Crippen LogP contribution in [0.25, 0.3) is 0 Å². The summed E-state index contributed by atoms with van der Waals surface area (Å²) in [5, 5.41) is 8.88. The standard InChI is InChI=1S/C16H22ClN3/c1-4-18-15(11-13-6-8-14(17)9-7-13)16-10-12(3)19-20(16)5-2/h6-10,15,18H,4-5,11H2,1-3H3. The Balaban J connectivity index is 2.23. The third-order valence-electron chi connectivity index (χ3n) is 3.39. The maximum atomic E-state index is 5.95. The highest BCUT2D eigenvalue weighted by Gasteiger charge is 2.16. The van der Waals surface area contributed by atoms with Gasteiger partial charge in [0.25, 0.3) is 0 Å². The number of aryl methyl sites for hydroxylation is 2. The fourth-order valence-corrected chi connectivity index (χ4v) is 2.61. The number of hydrogen-bond donors (Lipinski definition) is 1. The molecule has 1 aromatic heterocycles. The molecule has 1 heterocycles. The van der Waals surface area contributed by atoms with Crippen LogP contribution in [0.1, 0.15) is 36.8 Å². The summed E-state index contributed by atoms with van der Waals surface area (Å²) in [6.07, 6.45) is 0.941. The quantitative estimate of drug-likeness (QED) is 0.878. The molecule has 108 valence electrons. The van der Waals surface area contributed by atoms with Crippen molar-refractivity contribution in [1.29, 1.82) is 0 Å². The minimum atomic E-state index is 0.280. The van der Waals surface area contributed by atoms with Crippen molar-refractivity contribution in [1.82, 2.24) is 15.1 Å². The van der Waals surface area contributed by atoms with Gasteiger partial charge in [0, 0.05) is 11.6 Å². The summed E-state index contributed by atoms with van der Waals surface area (Å²) in [7, 11) is 0. The molecule has 0 aliphatic heterocycles. The van der Waals surface area contributed by atoms with Crippen molar-refractivity contribution in [3.05, 3.63) is 52.3 Å². The topological polar surface area (TPSA) is 29.9 Å². The zero-order valence-corrected chi connectivity index (χ0v) is 13.1. The number of likely N-dealkylation sites (N-methyl/N-ethyl adjacent to an activating group) is 1. The lowest BCUT2D eigenvalue weighted by Crippen LogP contribution is -2.25. The molecular weight excluding hydrogens is 270 g/mol. The maximum Gasteiger partial charge on any atom is 0.0597 e. The van der Waals surface area contributed by atoms with Gasteiger partial charge in [-0.05, 0) is 50.6 Å². The molecule has 1 unspecified atom stereocenters. The molecule has 0 spiro atoms. The van der Waals surface area contributed by atoms with E-state index in [1.54, 1.807) is 0 Å². The first-order valence-electron chi connectivity index (χ1n) is 7.16. The lowest BCUT2D eigenvalue weighted by molar-refractivity contribution is 0.490. The number of aromatic nitrogens is 2. The van der Waals surface area contributed by atoms with Crippen LogP contribution in [-0.2, 0) is 13.0 Å². The van der Waals surface area contributed by atoms with Crippen LogP contribution >= 0.6 is 11.6 Å². The molecule has 0 bridgehead atoms. The van der Waals surface area contributed by atoms with E-state index in [9.17, 15) is 0 Å². The molecule has 1 N–H and O–H groups in total. The predicted molar refractivity (Wildman–Crippen MR) is 84.2 cm³/mol. The van der Waals surface area contributed by atoms with Crippen LogP contribution in [0.15, 0.2) is 30.3 Å². The second kappa shape index (κ2) is 6.91. The van der Waals surface area contributed by atoms with Gasteiger partial charge in [-0.15, -0.1) is 0 Å². The Morgan fingerprint density at radius 2 is 1.95 bits per heavy atom. The smallest absolute Gasteiger partial charge is 0.0597 e. The van der Waals surface area contributed by atoms with Crippen LogP contribution < -0.4 is 5.32 Å². The van der Waals surface area contributed by atoms with E-state index < -0.39 is 0 Å². The summed E-state index contributed by atoms with van der Waals surface area (Å²) in [6, 6.07) is 10.5. The third kappa shape index (κ3) is 3.62. The van der Waals surface area contributed by atoms with E-state index in [1.807, 2.05) is 19.1 Å². The zero-order chi connectivity index (χ0) is 14.5. The summed E-state index contributed by atoms with van der Waals surface area (Å²) in [4.78, 5) is 0. The molecule has 0 fully saturated rings. The Kier molecular flexibility index (Phi) is 5.21. The van der Waals surface area contributed by atoms with Crippen molar-refractivity contribution < 1.29 is 0 Å². The second-order valence-corrected chi connectivity index (χ2v) is 5.40. The summed E-state index contributed by atoms with van der Waals surface area (Å²) >= 11 is 5.95. The minimum Gasteiger partial charge on any atom is -0.309 e. The van der Waals surface area contributed by atoms with Crippen LogP contribution in [0.5, 0.6) is 0 Å². The van der Waals surface area contributed by atoms with Crippen molar-refractivity contribution in [2.75, 3.05) is 6.54 Å². The summed E-state index contributed by atoms with van der Waals surface area (Å²) < 4.78 is 2.08. The molecule has 0 saturated heterocycles. The Morgan fingerprint density at radius 1 is 1.25 bits per heavy atom. The van der Waals surface area contributed by atoms with Crippen molar-refractivity contribution in [2.45, 2.75) is 39.8 Å². The molecular formula is C16H22ClN3. The highest BCUT2D eigenvalue weighted by Crippen LogP contribution is 2.21. The highest BCUT2D eigenvalue weighted by molar-refractivity contribution is 6.30. The normalized spacial score (nSPS) is 12.6. The van der Waals surface area contributed by atoms with Crippen LogP contribution in [0.2, 0.25) is 5.02 Å². The van der Waals surface area contributed by atoms with Gasteiger partial charge in [-0.25, -0.2) is 0 Å². The van der Waals surface area contributed by atoms with E-state index in [0.29, 0.717) is 0 Å². The van der Waals surface area contributed by atoms with Crippen molar-refractivity contribution in [2.24, 2.45) is 0 Å². The highest BCUT2D eigenvalue weighted by atomic mass is 35.5. The average molecular weight is 292 g/mol. The Morgan fingerprint density at radius 3 is 2.55 bits per heavy atom. The fraction of sp³-hybridized carbons (Fsp3) is 0.438. The van der Waals surface area contributed by atoms with E-state index in [-0.39, 0.29) is 6.04 Å². The van der Waals surface area contributed by atoms with Crippen molar-refractivity contribution in [3.8, 4) is 0 Å². The van der Waals surface area contributed by atoms with Crippen LogP contribution in [0, 0.1) is 6.92 Å². The van der Waals surface area contributed by atoms with Crippen molar-refractivity contribution >= 4 is 11.6 Å². The van der Waals surface area contributed by atoms with Gasteiger partial charge in [-0.3, -0.25) is 4.68 Å². The van der Waals surface area contributed by atoms with Gasteiger partial charge in [0.05, 0.1) is 17.4 Å². The van der Waals surface area contributed by atoms with Crippen molar-refractivity contribution in [3.63, 3.8) is 0 Å². The predicted octanol–water partition coefficient (Wildman–Crippen LogP) is 3.76. The molecule has 0 saturated carbocycles. The fourth-order valence-electron chi connectivity index (χ4n) is 2.48. The molecule has 0 radical (unpaired) electrons. The molecule has 1 aromatic carbocycles. The number of nitrogens with zero attached hydrogens (tertiary/aromatic N) is 2. The van der Waals surface area contributed by atoms with E-state index in [2.05, 4.69) is 47.1 Å². The van der Waals surface area contributed by atoms with Gasteiger partial charge >= 0.3 is 0 Å². The SMILES string of the molecule is CCNC(Cc1ccc(Cl)cc1)c1cc(C)nn1CC.